The molecule has 1 saturated heterocycles. The van der Waals surface area contributed by atoms with Gasteiger partial charge in [0.25, 0.3) is 0 Å². The van der Waals surface area contributed by atoms with Crippen molar-refractivity contribution >= 4 is 23.9 Å². The number of rotatable bonds is 48. The van der Waals surface area contributed by atoms with E-state index in [1.807, 2.05) is 30.4 Å². The van der Waals surface area contributed by atoms with E-state index in [-0.39, 0.29) is 25.9 Å². The van der Waals surface area contributed by atoms with Gasteiger partial charge in [-0.05, 0) is 116 Å². The zero-order chi connectivity index (χ0) is 57.5. The van der Waals surface area contributed by atoms with Gasteiger partial charge in [-0.1, -0.05) is 212 Å². The molecule has 442 valence electrons. The third kappa shape index (κ3) is 43.1. The number of ether oxygens (including phenoxy) is 5. The van der Waals surface area contributed by atoms with E-state index in [4.69, 9.17) is 23.7 Å². The van der Waals surface area contributed by atoms with Gasteiger partial charge in [0.2, 0.25) is 0 Å². The summed E-state index contributed by atoms with van der Waals surface area (Å²) in [5.74, 6) is -3.40. The summed E-state index contributed by atoms with van der Waals surface area (Å²) in [5.41, 5.74) is 0. The molecule has 0 bridgehead atoms. The number of hydrogen-bond donors (Lipinski definition) is 3. The minimum Gasteiger partial charge on any atom is -0.479 e. The van der Waals surface area contributed by atoms with Crippen LogP contribution in [0.25, 0.3) is 0 Å². The summed E-state index contributed by atoms with van der Waals surface area (Å²) in [6.45, 7) is 5.61. The second-order valence-electron chi connectivity index (χ2n) is 19.5. The van der Waals surface area contributed by atoms with Crippen molar-refractivity contribution in [2.45, 2.75) is 237 Å². The van der Waals surface area contributed by atoms with E-state index in [2.05, 4.69) is 130 Å². The minimum atomic E-state index is -1.95. The summed E-state index contributed by atoms with van der Waals surface area (Å²) in [5, 5.41) is 31.5. The fraction of sp³-hybridized carbons (Fsp3) is 0.582. The van der Waals surface area contributed by atoms with E-state index in [0.29, 0.717) is 25.7 Å². The van der Waals surface area contributed by atoms with E-state index in [1.165, 1.54) is 25.7 Å². The topological polar surface area (TPSA) is 175 Å². The molecule has 0 aromatic carbocycles. The third-order valence-corrected chi connectivity index (χ3v) is 12.4. The molecule has 79 heavy (non-hydrogen) atoms. The largest absolute Gasteiger partial charge is 0.479 e. The van der Waals surface area contributed by atoms with E-state index >= 15 is 0 Å². The molecule has 0 aromatic rings. The first-order chi connectivity index (χ1) is 38.6. The van der Waals surface area contributed by atoms with Crippen LogP contribution in [0, 0.1) is 0 Å². The Hall–Kier alpha value is -5.40. The number of carbonyl (C=O) groups is 4. The molecule has 0 aromatic heterocycles. The Bertz CT molecular complexity index is 1930. The Labute approximate surface area is 476 Å². The van der Waals surface area contributed by atoms with Crippen molar-refractivity contribution in [1.82, 2.24) is 0 Å². The Morgan fingerprint density at radius 3 is 1.32 bits per heavy atom. The maximum atomic E-state index is 13.1. The number of hydrogen-bond acceptors (Lipinski definition) is 11. The molecule has 12 nitrogen and oxygen atoms in total. The molecule has 0 amide bonds. The molecule has 1 aliphatic rings. The van der Waals surface area contributed by atoms with Crippen molar-refractivity contribution in [3.05, 3.63) is 146 Å². The van der Waals surface area contributed by atoms with Gasteiger partial charge in [-0.15, -0.1) is 0 Å². The molecule has 0 radical (unpaired) electrons. The summed E-state index contributed by atoms with van der Waals surface area (Å²) in [7, 11) is 0. The van der Waals surface area contributed by atoms with Gasteiger partial charge in [-0.25, -0.2) is 4.79 Å². The van der Waals surface area contributed by atoms with E-state index in [0.717, 1.165) is 109 Å². The summed E-state index contributed by atoms with van der Waals surface area (Å²) in [6, 6.07) is 0. The van der Waals surface area contributed by atoms with Crippen LogP contribution >= 0.6 is 0 Å². The molecule has 0 spiro atoms. The second kappa shape index (κ2) is 53.3. The molecule has 0 aliphatic carbocycles. The fourth-order valence-corrected chi connectivity index (χ4v) is 7.92. The first-order valence-corrected chi connectivity index (χ1v) is 29.8. The third-order valence-electron chi connectivity index (χ3n) is 12.4. The van der Waals surface area contributed by atoms with Gasteiger partial charge in [0, 0.05) is 12.8 Å². The average molecular weight is 1100 g/mol. The van der Waals surface area contributed by atoms with Crippen LogP contribution in [0.4, 0.5) is 0 Å². The predicted molar refractivity (Wildman–Crippen MR) is 321 cm³/mol. The van der Waals surface area contributed by atoms with Crippen molar-refractivity contribution in [3.63, 3.8) is 0 Å². The van der Waals surface area contributed by atoms with Gasteiger partial charge in [-0.2, -0.15) is 0 Å². The highest BCUT2D eigenvalue weighted by Crippen LogP contribution is 2.26. The van der Waals surface area contributed by atoms with Crippen LogP contribution in [0.1, 0.15) is 201 Å². The lowest BCUT2D eigenvalue weighted by atomic mass is 9.98. The van der Waals surface area contributed by atoms with Crippen LogP contribution in [-0.2, 0) is 42.9 Å². The smallest absolute Gasteiger partial charge is 0.335 e. The Morgan fingerprint density at radius 2 is 0.848 bits per heavy atom. The molecule has 1 aliphatic heterocycles. The van der Waals surface area contributed by atoms with Crippen LogP contribution in [-0.4, -0.2) is 89.2 Å². The first-order valence-electron chi connectivity index (χ1n) is 29.8. The minimum absolute atomic E-state index is 0.0374. The number of carboxylic acids is 1. The standard InChI is InChI=1S/C67H102O12/c1-4-7-10-13-16-19-22-25-28-30-33-35-38-41-44-47-50-53-59(68)75-56-58(77-60(69)54-51-48-45-42-39-36-32-27-24-21-18-15-12-9-6-3)57-76-67-65(63(72)62(71)64(79-67)66(73)74)78-61(70)55-52-49-46-43-40-37-34-31-29-26-23-20-17-14-11-8-5-2/h8-9,11-12,16-21,25-29,32,34,37,39,42-43,46,48,51,58,62-65,67,71-72H,4-7,10,13-15,22-24,30-31,33,35-36,38,40-41,44-45,47,49-50,52-57H2,1-3H3,(H,73,74)/b11-8-,12-9-,19-16-,20-17-,21-18-,28-25-,29-26-,32-27-,37-34-,42-39-,46-43-,51-48-. The van der Waals surface area contributed by atoms with Gasteiger partial charge in [-0.3, -0.25) is 14.4 Å². The number of carboxylic acid groups (broad SMARTS) is 1. The Kier molecular flexibility index (Phi) is 48.3. The highest BCUT2D eigenvalue weighted by molar-refractivity contribution is 5.74. The number of unbranched alkanes of at least 4 members (excludes halogenated alkanes) is 11. The van der Waals surface area contributed by atoms with E-state index in [9.17, 15) is 34.5 Å². The first kappa shape index (κ1) is 71.6. The van der Waals surface area contributed by atoms with Gasteiger partial charge in [0.1, 0.15) is 18.8 Å². The zero-order valence-electron chi connectivity index (χ0n) is 48.5. The summed E-state index contributed by atoms with van der Waals surface area (Å²) in [4.78, 5) is 51.1. The Morgan fingerprint density at radius 1 is 0.443 bits per heavy atom. The molecule has 12 heteroatoms. The summed E-state index contributed by atoms with van der Waals surface area (Å²) in [6.07, 6.45) is 64.2. The second-order valence-corrected chi connectivity index (χ2v) is 19.5. The lowest BCUT2D eigenvalue weighted by molar-refractivity contribution is -0.301. The average Bonchev–Trinajstić information content (AvgIpc) is 3.43. The van der Waals surface area contributed by atoms with Crippen LogP contribution < -0.4 is 0 Å². The number of allylic oxidation sites excluding steroid dienone is 23. The maximum absolute atomic E-state index is 13.1. The summed E-state index contributed by atoms with van der Waals surface area (Å²) >= 11 is 0. The fourth-order valence-electron chi connectivity index (χ4n) is 7.92. The lowest BCUT2D eigenvalue weighted by Gasteiger charge is -2.40. The van der Waals surface area contributed by atoms with Crippen molar-refractivity contribution in [2.75, 3.05) is 13.2 Å². The molecule has 6 atom stereocenters. The zero-order valence-corrected chi connectivity index (χ0v) is 48.5. The lowest BCUT2D eigenvalue weighted by Crippen LogP contribution is -2.61. The number of aliphatic hydroxyl groups is 2. The molecule has 3 N–H and O–H groups in total. The highest BCUT2D eigenvalue weighted by Gasteiger charge is 2.50. The quantitative estimate of drug-likeness (QED) is 0.0228. The molecule has 1 rings (SSSR count). The number of aliphatic carboxylic acids is 1. The van der Waals surface area contributed by atoms with Crippen LogP contribution in [0.2, 0.25) is 0 Å². The van der Waals surface area contributed by atoms with Crippen molar-refractivity contribution in [1.29, 1.82) is 0 Å². The highest BCUT2D eigenvalue weighted by atomic mass is 16.7. The van der Waals surface area contributed by atoms with Crippen molar-refractivity contribution < 1.29 is 58.2 Å². The number of carbonyl (C=O) groups excluding carboxylic acids is 3. The molecule has 1 fully saturated rings. The maximum Gasteiger partial charge on any atom is 0.335 e. The van der Waals surface area contributed by atoms with Crippen LogP contribution in [0.15, 0.2) is 146 Å². The number of esters is 3. The Balaban J connectivity index is 2.79. The van der Waals surface area contributed by atoms with Crippen molar-refractivity contribution in [2.24, 2.45) is 0 Å². The summed E-state index contributed by atoms with van der Waals surface area (Å²) < 4.78 is 28.2. The molecule has 0 saturated carbocycles. The van der Waals surface area contributed by atoms with Gasteiger partial charge >= 0.3 is 23.9 Å². The van der Waals surface area contributed by atoms with Crippen molar-refractivity contribution in [3.8, 4) is 0 Å². The molecular formula is C67H102O12. The van der Waals surface area contributed by atoms with Crippen LogP contribution in [0.3, 0.4) is 0 Å². The van der Waals surface area contributed by atoms with Gasteiger partial charge in [0.15, 0.2) is 24.6 Å². The molecule has 6 unspecified atom stereocenters. The monoisotopic (exact) mass is 1100 g/mol. The molecular weight excluding hydrogens is 997 g/mol. The molecule has 1 heterocycles. The SMILES string of the molecule is CC/C=C\C/C=C\C/C=C\C/C=C\C/C=C\CCCC(=O)OC1C(OCC(COC(=O)CCCCCCCCC/C=C\C/C=C\CCCCC)OC(=O)C/C=C\C/C=C\C/C=C\C/C=C\C/C=C\CC)OC(C(=O)O)C(O)C1O. The normalized spacial score (nSPS) is 18.9. The van der Waals surface area contributed by atoms with E-state index in [1.54, 1.807) is 6.08 Å². The number of aliphatic hydroxyl groups excluding tert-OH is 2. The van der Waals surface area contributed by atoms with Gasteiger partial charge < -0.3 is 39.0 Å². The van der Waals surface area contributed by atoms with Gasteiger partial charge in [0.05, 0.1) is 13.0 Å². The van der Waals surface area contributed by atoms with Crippen LogP contribution in [0.5, 0.6) is 0 Å². The predicted octanol–water partition coefficient (Wildman–Crippen LogP) is 15.6. The van der Waals surface area contributed by atoms with E-state index < -0.39 is 67.3 Å².